The molecule has 1 aromatic carbocycles. The molecule has 2 atom stereocenters. The van der Waals surface area contributed by atoms with Gasteiger partial charge in [0.15, 0.2) is 0 Å². The third-order valence-electron chi connectivity index (χ3n) is 3.06. The molecule has 1 aliphatic rings. The first-order chi connectivity index (χ1) is 8.72. The average Bonchev–Trinajstić information content (AvgIpc) is 3.17. The van der Waals surface area contributed by atoms with E-state index in [1.54, 1.807) is 6.08 Å². The van der Waals surface area contributed by atoms with E-state index in [0.717, 1.165) is 17.3 Å². The minimum atomic E-state index is -0.139. The number of allylic oxidation sites excluding steroid dienone is 1. The van der Waals surface area contributed by atoms with Gasteiger partial charge in [0.2, 0.25) is 0 Å². The summed E-state index contributed by atoms with van der Waals surface area (Å²) in [6, 6.07) is 9.81. The molecule has 0 N–H and O–H groups in total. The molecule has 0 bridgehead atoms. The normalized spacial score (nSPS) is 21.3. The predicted molar refractivity (Wildman–Crippen MR) is 72.9 cm³/mol. The summed E-state index contributed by atoms with van der Waals surface area (Å²) in [7, 11) is 0. The van der Waals surface area contributed by atoms with Crippen LogP contribution < -0.4 is 4.46 Å². The molecule has 18 heavy (non-hydrogen) atoms. The molecule has 1 aliphatic carbocycles. The van der Waals surface area contributed by atoms with Gasteiger partial charge in [-0.3, -0.25) is 0 Å². The number of Topliss-reactive ketones (excluding diaryl/α,β-unsaturated/α-hetero) is 1. The van der Waals surface area contributed by atoms with Crippen molar-refractivity contribution < 1.29 is 9.59 Å². The molecule has 0 saturated heterocycles. The Labute approximate surface area is 114 Å². The fourth-order valence-corrected chi connectivity index (χ4v) is 3.89. The Balaban J connectivity index is 1.82. The number of benzene rings is 1. The third-order valence-corrected chi connectivity index (χ3v) is 5.19. The van der Waals surface area contributed by atoms with E-state index < -0.39 is 0 Å². The fraction of sp³-hybridized carbons (Fsp3) is 0.333. The van der Waals surface area contributed by atoms with Gasteiger partial charge in [-0.2, -0.15) is 0 Å². The van der Waals surface area contributed by atoms with Crippen LogP contribution in [0.4, 0.5) is 0 Å². The van der Waals surface area contributed by atoms with Crippen LogP contribution in [0.2, 0.25) is 0 Å². The van der Waals surface area contributed by atoms with E-state index in [9.17, 15) is 9.59 Å². The fourth-order valence-electron chi connectivity index (χ4n) is 1.92. The van der Waals surface area contributed by atoms with Crippen LogP contribution in [0.15, 0.2) is 43.0 Å². The van der Waals surface area contributed by atoms with E-state index >= 15 is 0 Å². The average molecular weight is 307 g/mol. The van der Waals surface area contributed by atoms with Crippen LogP contribution in [-0.2, 0) is 9.59 Å². The van der Waals surface area contributed by atoms with Crippen molar-refractivity contribution in [1.29, 1.82) is 0 Å². The van der Waals surface area contributed by atoms with Crippen LogP contribution >= 0.6 is 0 Å². The van der Waals surface area contributed by atoms with Crippen LogP contribution in [0.25, 0.3) is 0 Å². The summed E-state index contributed by atoms with van der Waals surface area (Å²) in [6.45, 7) is 3.61. The Bertz CT molecular complexity index is 453. The van der Waals surface area contributed by atoms with Crippen LogP contribution in [0.3, 0.4) is 0 Å². The Morgan fingerprint density at radius 1 is 1.28 bits per heavy atom. The zero-order valence-electron chi connectivity index (χ0n) is 10.2. The zero-order chi connectivity index (χ0) is 13.0. The molecule has 1 fully saturated rings. The summed E-state index contributed by atoms with van der Waals surface area (Å²) < 4.78 is 1.37. The third kappa shape index (κ3) is 3.41. The van der Waals surface area contributed by atoms with Crippen LogP contribution in [0, 0.1) is 11.8 Å². The second kappa shape index (κ2) is 6.12. The van der Waals surface area contributed by atoms with Crippen molar-refractivity contribution in [2.45, 2.75) is 19.3 Å². The van der Waals surface area contributed by atoms with Crippen molar-refractivity contribution >= 4 is 29.9 Å². The second-order valence-corrected chi connectivity index (χ2v) is 6.74. The molecule has 0 heterocycles. The maximum absolute atomic E-state index is 12.0. The van der Waals surface area contributed by atoms with Crippen LogP contribution in [0.1, 0.15) is 19.3 Å². The molecule has 0 spiro atoms. The van der Waals surface area contributed by atoms with Gasteiger partial charge >= 0.3 is 114 Å². The number of carbonyl (C=O) groups excluding carboxylic acids is 2. The minimum absolute atomic E-state index is 0.00233. The van der Waals surface area contributed by atoms with Gasteiger partial charge in [0.05, 0.1) is 0 Å². The molecule has 0 aliphatic heterocycles. The molecule has 0 amide bonds. The van der Waals surface area contributed by atoms with E-state index in [4.69, 9.17) is 0 Å². The first kappa shape index (κ1) is 13.3. The summed E-state index contributed by atoms with van der Waals surface area (Å²) >= 11 is -0.139. The monoisotopic (exact) mass is 308 g/mol. The van der Waals surface area contributed by atoms with Gasteiger partial charge in [-0.05, 0) is 0 Å². The van der Waals surface area contributed by atoms with Crippen LogP contribution in [0.5, 0.6) is 0 Å². The van der Waals surface area contributed by atoms with E-state index in [1.807, 2.05) is 30.3 Å². The summed E-state index contributed by atoms with van der Waals surface area (Å²) in [5.74, 6) is 0.239. The second-order valence-electron chi connectivity index (χ2n) is 4.48. The topological polar surface area (TPSA) is 34.1 Å². The Morgan fingerprint density at radius 2 is 2.00 bits per heavy atom. The number of hydrogen-bond donors (Lipinski definition) is 0. The molecule has 2 unspecified atom stereocenters. The van der Waals surface area contributed by atoms with Gasteiger partial charge in [-0.15, -0.1) is 0 Å². The maximum atomic E-state index is 12.0. The van der Waals surface area contributed by atoms with Crippen molar-refractivity contribution in [1.82, 2.24) is 0 Å². The first-order valence-corrected chi connectivity index (χ1v) is 7.84. The molecule has 3 heteroatoms. The van der Waals surface area contributed by atoms with E-state index in [2.05, 4.69) is 6.58 Å². The van der Waals surface area contributed by atoms with Gasteiger partial charge in [0, 0.05) is 0 Å². The predicted octanol–water partition coefficient (Wildman–Crippen LogP) is 1.71. The van der Waals surface area contributed by atoms with Gasteiger partial charge in [0.25, 0.3) is 0 Å². The number of hydrogen-bond acceptors (Lipinski definition) is 2. The van der Waals surface area contributed by atoms with Crippen molar-refractivity contribution in [3.8, 4) is 0 Å². The van der Waals surface area contributed by atoms with E-state index in [1.165, 1.54) is 0 Å². The van der Waals surface area contributed by atoms with E-state index in [-0.39, 0.29) is 37.3 Å². The number of rotatable bonds is 7. The zero-order valence-corrected chi connectivity index (χ0v) is 11.9. The molecular formula is C15H16O2Se. The number of carbonyl (C=O) groups is 2. The Hall–Kier alpha value is -1.18. The molecule has 0 radical (unpaired) electrons. The molecule has 2 nitrogen and oxygen atoms in total. The number of ketones is 1. The van der Waals surface area contributed by atoms with Crippen LogP contribution in [-0.4, -0.2) is 25.4 Å². The summed E-state index contributed by atoms with van der Waals surface area (Å²) in [4.78, 5) is 23.8. The van der Waals surface area contributed by atoms with Crippen molar-refractivity contribution in [3.05, 3.63) is 43.0 Å². The SMILES string of the molecule is C=CCCC(=O)C1CC1C(=O)[Se]c1ccccc1. The first-order valence-electron chi connectivity index (χ1n) is 6.12. The molecule has 94 valence electrons. The molecular weight excluding hydrogens is 291 g/mol. The summed E-state index contributed by atoms with van der Waals surface area (Å²) in [5, 5.41) is 0. The van der Waals surface area contributed by atoms with Gasteiger partial charge in [0.1, 0.15) is 0 Å². The molecule has 2 rings (SSSR count). The molecule has 1 saturated carbocycles. The molecule has 0 aromatic heterocycles. The van der Waals surface area contributed by atoms with Gasteiger partial charge in [-0.25, -0.2) is 0 Å². The van der Waals surface area contributed by atoms with Gasteiger partial charge in [-0.1, -0.05) is 0 Å². The Morgan fingerprint density at radius 3 is 2.67 bits per heavy atom. The van der Waals surface area contributed by atoms with Crippen molar-refractivity contribution in [2.24, 2.45) is 11.8 Å². The quantitative estimate of drug-likeness (QED) is 0.568. The van der Waals surface area contributed by atoms with Crippen molar-refractivity contribution in [2.75, 3.05) is 0 Å². The molecule has 1 aromatic rings. The summed E-state index contributed by atoms with van der Waals surface area (Å²) in [5.41, 5.74) is 0. The van der Waals surface area contributed by atoms with Crippen molar-refractivity contribution in [3.63, 3.8) is 0 Å². The van der Waals surface area contributed by atoms with Gasteiger partial charge < -0.3 is 0 Å². The Kier molecular flexibility index (Phi) is 4.51. The van der Waals surface area contributed by atoms with E-state index in [0.29, 0.717) is 6.42 Å². The standard InChI is InChI=1S/C15H16O2Se/c1-2-3-9-14(16)12-10-13(12)15(17)18-11-7-5-4-6-8-11/h2,4-8,12-13H,1,3,9-10H2. The summed E-state index contributed by atoms with van der Waals surface area (Å²) in [6.07, 6.45) is 3.78.